The topological polar surface area (TPSA) is 0 Å². The molecule has 1 rings (SSSR count). The zero-order valence-corrected chi connectivity index (χ0v) is 8.80. The van der Waals surface area contributed by atoms with Crippen LogP contribution in [0.5, 0.6) is 0 Å². The third kappa shape index (κ3) is 3.06. The molecular formula is C13H18. The molecule has 0 radical (unpaired) electrons. The Morgan fingerprint density at radius 2 is 1.92 bits per heavy atom. The Kier molecular flexibility index (Phi) is 3.75. The Morgan fingerprint density at radius 1 is 1.15 bits per heavy atom. The normalized spacial score (nSPS) is 11.0. The van der Waals surface area contributed by atoms with Crippen molar-refractivity contribution in [2.24, 2.45) is 0 Å². The van der Waals surface area contributed by atoms with E-state index in [1.54, 1.807) is 0 Å². The van der Waals surface area contributed by atoms with Crippen LogP contribution in [0.2, 0.25) is 0 Å². The van der Waals surface area contributed by atoms with E-state index < -0.39 is 0 Å². The Hall–Kier alpha value is -1.04. The first-order valence-electron chi connectivity index (χ1n) is 5.03. The monoisotopic (exact) mass is 174 g/mol. The maximum Gasteiger partial charge on any atom is -0.0254 e. The molecule has 0 nitrogen and oxygen atoms in total. The van der Waals surface area contributed by atoms with Gasteiger partial charge in [-0.3, -0.25) is 0 Å². The highest BCUT2D eigenvalue weighted by atomic mass is 14.0. The maximum atomic E-state index is 2.26. The number of rotatable bonds is 3. The summed E-state index contributed by atoms with van der Waals surface area (Å²) in [6.07, 6.45) is 6.63. The molecule has 0 aliphatic heterocycles. The first-order chi connectivity index (χ1) is 6.26. The highest BCUT2D eigenvalue weighted by Gasteiger charge is 1.93. The predicted molar refractivity (Wildman–Crippen MR) is 59.9 cm³/mol. The summed E-state index contributed by atoms with van der Waals surface area (Å²) in [5, 5.41) is 0. The summed E-state index contributed by atoms with van der Waals surface area (Å²) in [4.78, 5) is 0. The zero-order chi connectivity index (χ0) is 9.68. The van der Waals surface area contributed by atoms with Crippen molar-refractivity contribution in [3.63, 3.8) is 0 Å². The molecule has 0 bridgehead atoms. The molecule has 1 aromatic rings. The van der Waals surface area contributed by atoms with Gasteiger partial charge in [0, 0.05) is 0 Å². The molecule has 0 aliphatic rings. The van der Waals surface area contributed by atoms with E-state index in [4.69, 9.17) is 0 Å². The van der Waals surface area contributed by atoms with Gasteiger partial charge in [0.15, 0.2) is 0 Å². The second-order valence-corrected chi connectivity index (χ2v) is 3.42. The van der Waals surface area contributed by atoms with Gasteiger partial charge in [-0.1, -0.05) is 49.8 Å². The van der Waals surface area contributed by atoms with Crippen molar-refractivity contribution in [2.75, 3.05) is 0 Å². The van der Waals surface area contributed by atoms with E-state index in [1.165, 1.54) is 16.7 Å². The van der Waals surface area contributed by atoms with Crippen molar-refractivity contribution in [3.05, 3.63) is 41.0 Å². The quantitative estimate of drug-likeness (QED) is 0.650. The maximum absolute atomic E-state index is 2.26. The lowest BCUT2D eigenvalue weighted by Gasteiger charge is -2.01. The fourth-order valence-corrected chi connectivity index (χ4v) is 1.45. The van der Waals surface area contributed by atoms with Crippen molar-refractivity contribution >= 4 is 6.08 Å². The van der Waals surface area contributed by atoms with Gasteiger partial charge in [0.2, 0.25) is 0 Å². The summed E-state index contributed by atoms with van der Waals surface area (Å²) in [5.74, 6) is 0. The van der Waals surface area contributed by atoms with E-state index in [-0.39, 0.29) is 0 Å². The fourth-order valence-electron chi connectivity index (χ4n) is 1.45. The van der Waals surface area contributed by atoms with Crippen LogP contribution in [-0.2, 0) is 6.42 Å². The molecule has 0 aliphatic carbocycles. The van der Waals surface area contributed by atoms with Crippen LogP contribution in [-0.4, -0.2) is 0 Å². The van der Waals surface area contributed by atoms with E-state index in [2.05, 4.69) is 51.1 Å². The van der Waals surface area contributed by atoms with Crippen LogP contribution in [0.4, 0.5) is 0 Å². The molecule has 0 spiro atoms. The summed E-state index contributed by atoms with van der Waals surface area (Å²) in [6, 6.07) is 6.74. The van der Waals surface area contributed by atoms with Gasteiger partial charge in [-0.2, -0.15) is 0 Å². The molecule has 13 heavy (non-hydrogen) atoms. The Labute approximate surface area is 81.3 Å². The molecule has 0 amide bonds. The molecule has 0 saturated heterocycles. The SMILES string of the molecule is CCC=Cc1cc(C)cc(CC)c1. The zero-order valence-electron chi connectivity index (χ0n) is 8.80. The number of hydrogen-bond donors (Lipinski definition) is 0. The number of aryl methyl sites for hydroxylation is 2. The fraction of sp³-hybridized carbons (Fsp3) is 0.385. The van der Waals surface area contributed by atoms with Gasteiger partial charge in [0.1, 0.15) is 0 Å². The van der Waals surface area contributed by atoms with Gasteiger partial charge >= 0.3 is 0 Å². The average Bonchev–Trinajstić information content (AvgIpc) is 2.14. The summed E-state index contributed by atoms with van der Waals surface area (Å²) < 4.78 is 0. The minimum atomic E-state index is 1.11. The molecule has 0 fully saturated rings. The van der Waals surface area contributed by atoms with E-state index in [0.29, 0.717) is 0 Å². The van der Waals surface area contributed by atoms with Gasteiger partial charge in [-0.05, 0) is 30.9 Å². The molecular weight excluding hydrogens is 156 g/mol. The summed E-state index contributed by atoms with van der Waals surface area (Å²) in [7, 11) is 0. The molecule has 0 saturated carbocycles. The molecule has 0 N–H and O–H groups in total. The van der Waals surface area contributed by atoms with Gasteiger partial charge in [0.05, 0.1) is 0 Å². The molecule has 0 atom stereocenters. The van der Waals surface area contributed by atoms with Crippen molar-refractivity contribution in [3.8, 4) is 0 Å². The highest BCUT2D eigenvalue weighted by Crippen LogP contribution is 2.11. The number of hydrogen-bond acceptors (Lipinski definition) is 0. The second kappa shape index (κ2) is 4.86. The van der Waals surface area contributed by atoms with E-state index >= 15 is 0 Å². The van der Waals surface area contributed by atoms with Gasteiger partial charge in [-0.25, -0.2) is 0 Å². The minimum Gasteiger partial charge on any atom is -0.0842 e. The van der Waals surface area contributed by atoms with Crippen LogP contribution in [0, 0.1) is 6.92 Å². The van der Waals surface area contributed by atoms with E-state index in [1.807, 2.05) is 0 Å². The van der Waals surface area contributed by atoms with Gasteiger partial charge in [-0.15, -0.1) is 0 Å². The Balaban J connectivity index is 2.94. The van der Waals surface area contributed by atoms with E-state index in [9.17, 15) is 0 Å². The molecule has 0 unspecified atom stereocenters. The van der Waals surface area contributed by atoms with Crippen molar-refractivity contribution in [2.45, 2.75) is 33.6 Å². The Morgan fingerprint density at radius 3 is 2.54 bits per heavy atom. The molecule has 0 heterocycles. The van der Waals surface area contributed by atoms with Crippen LogP contribution in [0.15, 0.2) is 24.3 Å². The minimum absolute atomic E-state index is 1.11. The first-order valence-corrected chi connectivity index (χ1v) is 5.03. The lowest BCUT2D eigenvalue weighted by molar-refractivity contribution is 1.13. The third-order valence-corrected chi connectivity index (χ3v) is 2.11. The first kappa shape index (κ1) is 10.0. The Bertz CT molecular complexity index is 295. The largest absolute Gasteiger partial charge is 0.0842 e. The molecule has 70 valence electrons. The average molecular weight is 174 g/mol. The second-order valence-electron chi connectivity index (χ2n) is 3.42. The standard InChI is InChI=1S/C13H18/c1-4-6-7-13-9-11(3)8-12(5-2)10-13/h6-10H,4-5H2,1-3H3. The van der Waals surface area contributed by atoms with Crippen molar-refractivity contribution < 1.29 is 0 Å². The van der Waals surface area contributed by atoms with Gasteiger partial charge < -0.3 is 0 Å². The van der Waals surface area contributed by atoms with E-state index in [0.717, 1.165) is 12.8 Å². The van der Waals surface area contributed by atoms with Crippen LogP contribution in [0.25, 0.3) is 6.08 Å². The van der Waals surface area contributed by atoms with Crippen LogP contribution < -0.4 is 0 Å². The number of allylic oxidation sites excluding steroid dienone is 1. The molecule has 1 aromatic carbocycles. The van der Waals surface area contributed by atoms with Crippen molar-refractivity contribution in [1.29, 1.82) is 0 Å². The smallest absolute Gasteiger partial charge is 0.0254 e. The van der Waals surface area contributed by atoms with Crippen LogP contribution >= 0.6 is 0 Å². The molecule has 0 heteroatoms. The molecule has 0 aromatic heterocycles. The summed E-state index contributed by atoms with van der Waals surface area (Å²) >= 11 is 0. The lowest BCUT2D eigenvalue weighted by Crippen LogP contribution is -1.84. The predicted octanol–water partition coefficient (Wildman–Crippen LogP) is 3.98. The van der Waals surface area contributed by atoms with Crippen LogP contribution in [0.1, 0.15) is 37.0 Å². The van der Waals surface area contributed by atoms with Gasteiger partial charge in [0.25, 0.3) is 0 Å². The van der Waals surface area contributed by atoms with Crippen LogP contribution in [0.3, 0.4) is 0 Å². The number of benzene rings is 1. The lowest BCUT2D eigenvalue weighted by atomic mass is 10.0. The summed E-state index contributed by atoms with van der Waals surface area (Å²) in [6.45, 7) is 6.51. The highest BCUT2D eigenvalue weighted by molar-refractivity contribution is 5.51. The summed E-state index contributed by atoms with van der Waals surface area (Å²) in [5.41, 5.74) is 4.12. The third-order valence-electron chi connectivity index (χ3n) is 2.11. The van der Waals surface area contributed by atoms with Crippen molar-refractivity contribution in [1.82, 2.24) is 0 Å².